The van der Waals surface area contributed by atoms with Gasteiger partial charge in [-0.05, 0) is 32.9 Å². The second kappa shape index (κ2) is 6.64. The van der Waals surface area contributed by atoms with Gasteiger partial charge in [-0.2, -0.15) is 11.8 Å². The van der Waals surface area contributed by atoms with Gasteiger partial charge in [0.2, 0.25) is 0 Å². The molecule has 110 valence electrons. The van der Waals surface area contributed by atoms with E-state index in [2.05, 4.69) is 18.7 Å². The molecule has 1 fully saturated rings. The van der Waals surface area contributed by atoms with Crippen LogP contribution in [0.25, 0.3) is 0 Å². The molecule has 0 atom stereocenters. The van der Waals surface area contributed by atoms with Gasteiger partial charge in [0.05, 0.1) is 5.56 Å². The van der Waals surface area contributed by atoms with Crippen LogP contribution >= 0.6 is 11.8 Å². The Bertz CT molecular complexity index is 473. The normalized spacial score (nSPS) is 18.8. The largest absolute Gasteiger partial charge is 0.491 e. The van der Waals surface area contributed by atoms with Crippen LogP contribution in [0, 0.1) is 0 Å². The lowest BCUT2D eigenvalue weighted by atomic mass is 10.1. The Balaban J connectivity index is 1.86. The van der Waals surface area contributed by atoms with Crippen LogP contribution in [0.15, 0.2) is 24.3 Å². The average Bonchev–Trinajstić information content (AvgIpc) is 2.38. The van der Waals surface area contributed by atoms with Crippen LogP contribution < -0.4 is 4.74 Å². The average molecular weight is 293 g/mol. The van der Waals surface area contributed by atoms with Crippen molar-refractivity contribution in [3.63, 3.8) is 0 Å². The zero-order valence-electron chi connectivity index (χ0n) is 12.5. The van der Waals surface area contributed by atoms with Crippen LogP contribution in [0.3, 0.4) is 0 Å². The molecule has 1 aliphatic rings. The monoisotopic (exact) mass is 293 g/mol. The minimum atomic E-state index is 0.0519. The topological polar surface area (TPSA) is 29.5 Å². The van der Waals surface area contributed by atoms with Gasteiger partial charge in [0.1, 0.15) is 12.4 Å². The first kappa shape index (κ1) is 15.4. The maximum atomic E-state index is 11.5. The summed E-state index contributed by atoms with van der Waals surface area (Å²) in [6, 6.07) is 7.46. The number of benzene rings is 1. The summed E-state index contributed by atoms with van der Waals surface area (Å²) in [7, 11) is 0. The summed E-state index contributed by atoms with van der Waals surface area (Å²) in [6.07, 6.45) is 0. The predicted molar refractivity (Wildman–Crippen MR) is 84.9 cm³/mol. The lowest BCUT2D eigenvalue weighted by Crippen LogP contribution is -2.44. The van der Waals surface area contributed by atoms with Gasteiger partial charge in [-0.3, -0.25) is 9.69 Å². The summed E-state index contributed by atoms with van der Waals surface area (Å²) in [5.74, 6) is 1.93. The van der Waals surface area contributed by atoms with E-state index < -0.39 is 0 Å². The van der Waals surface area contributed by atoms with Crippen LogP contribution in [-0.4, -0.2) is 47.4 Å². The number of ketones is 1. The Labute approximate surface area is 125 Å². The molecule has 1 aromatic carbocycles. The Kier molecular flexibility index (Phi) is 5.11. The van der Waals surface area contributed by atoms with Crippen LogP contribution in [0.1, 0.15) is 31.1 Å². The van der Waals surface area contributed by atoms with Gasteiger partial charge >= 0.3 is 0 Å². The molecule has 0 saturated carbocycles. The summed E-state index contributed by atoms with van der Waals surface area (Å²) < 4.78 is 6.13. The van der Waals surface area contributed by atoms with E-state index in [1.54, 1.807) is 6.92 Å². The van der Waals surface area contributed by atoms with E-state index >= 15 is 0 Å². The molecule has 0 spiro atoms. The molecule has 0 aliphatic carbocycles. The molecule has 4 heteroatoms. The number of carbonyl (C=O) groups excluding carboxylic acids is 1. The molecule has 1 saturated heterocycles. The van der Waals surface area contributed by atoms with Gasteiger partial charge in [-0.25, -0.2) is 0 Å². The van der Waals surface area contributed by atoms with Crippen molar-refractivity contribution in [3.05, 3.63) is 29.8 Å². The molecule has 0 amide bonds. The Morgan fingerprint density at radius 2 is 2.15 bits per heavy atom. The lowest BCUT2D eigenvalue weighted by molar-refractivity contribution is 0.101. The smallest absolute Gasteiger partial charge is 0.163 e. The molecule has 0 aromatic heterocycles. The molecular formula is C16H23NO2S. The van der Waals surface area contributed by atoms with Crippen molar-refractivity contribution >= 4 is 17.5 Å². The number of Topliss-reactive ketones (excluding diaryl/α,β-unsaturated/α-hetero) is 1. The fourth-order valence-electron chi connectivity index (χ4n) is 2.47. The lowest BCUT2D eigenvalue weighted by Gasteiger charge is -2.37. The van der Waals surface area contributed by atoms with Crippen molar-refractivity contribution in [2.45, 2.75) is 25.5 Å². The van der Waals surface area contributed by atoms with E-state index in [4.69, 9.17) is 4.74 Å². The number of carbonyl (C=O) groups is 1. The molecule has 0 unspecified atom stereocenters. The van der Waals surface area contributed by atoms with E-state index in [9.17, 15) is 4.79 Å². The molecule has 3 nitrogen and oxygen atoms in total. The molecule has 20 heavy (non-hydrogen) atoms. The zero-order chi connectivity index (χ0) is 14.6. The van der Waals surface area contributed by atoms with E-state index in [0.717, 1.165) is 19.6 Å². The standard InChI is InChI=1S/C16H23NO2S/c1-13(18)14-6-4-5-7-15(14)19-10-8-17-9-11-20-16(2,3)12-17/h4-7H,8-12H2,1-3H3. The molecule has 0 bridgehead atoms. The van der Waals surface area contributed by atoms with Gasteiger partial charge in [0.15, 0.2) is 5.78 Å². The summed E-state index contributed by atoms with van der Waals surface area (Å²) >= 11 is 2.03. The van der Waals surface area contributed by atoms with E-state index in [1.165, 1.54) is 5.75 Å². The van der Waals surface area contributed by atoms with Gasteiger partial charge < -0.3 is 4.74 Å². The van der Waals surface area contributed by atoms with Gasteiger partial charge in [0.25, 0.3) is 0 Å². The number of rotatable bonds is 5. The third-order valence-electron chi connectivity index (χ3n) is 3.44. The van der Waals surface area contributed by atoms with E-state index in [-0.39, 0.29) is 5.78 Å². The predicted octanol–water partition coefficient (Wildman–Crippen LogP) is 3.10. The molecule has 1 aliphatic heterocycles. The van der Waals surface area contributed by atoms with Crippen LogP contribution in [-0.2, 0) is 0 Å². The first-order valence-electron chi connectivity index (χ1n) is 7.07. The number of thioether (sulfide) groups is 1. The van der Waals surface area contributed by atoms with Crippen molar-refractivity contribution < 1.29 is 9.53 Å². The number of ether oxygens (including phenoxy) is 1. The Morgan fingerprint density at radius 1 is 1.40 bits per heavy atom. The second-order valence-electron chi connectivity index (χ2n) is 5.79. The minimum Gasteiger partial charge on any atom is -0.491 e. The number of para-hydroxylation sites is 1. The van der Waals surface area contributed by atoms with Gasteiger partial charge in [-0.15, -0.1) is 0 Å². The van der Waals surface area contributed by atoms with Gasteiger partial charge in [-0.1, -0.05) is 12.1 Å². The third-order valence-corrected chi connectivity index (χ3v) is 4.73. The molecule has 1 heterocycles. The highest BCUT2D eigenvalue weighted by Gasteiger charge is 2.26. The van der Waals surface area contributed by atoms with Crippen molar-refractivity contribution in [1.29, 1.82) is 0 Å². The first-order chi connectivity index (χ1) is 9.48. The second-order valence-corrected chi connectivity index (χ2v) is 7.59. The highest BCUT2D eigenvalue weighted by atomic mass is 32.2. The van der Waals surface area contributed by atoms with Crippen molar-refractivity contribution in [3.8, 4) is 5.75 Å². The zero-order valence-corrected chi connectivity index (χ0v) is 13.3. The maximum absolute atomic E-state index is 11.5. The quantitative estimate of drug-likeness (QED) is 0.780. The molecule has 0 N–H and O–H groups in total. The molecule has 2 rings (SSSR count). The van der Waals surface area contributed by atoms with E-state index in [0.29, 0.717) is 22.7 Å². The number of nitrogens with zero attached hydrogens (tertiary/aromatic N) is 1. The Hall–Kier alpha value is -1.00. The molecule has 1 aromatic rings. The molecule has 0 radical (unpaired) electrons. The van der Waals surface area contributed by atoms with Gasteiger partial charge in [0, 0.05) is 30.1 Å². The van der Waals surface area contributed by atoms with Crippen LogP contribution in [0.2, 0.25) is 0 Å². The Morgan fingerprint density at radius 3 is 2.85 bits per heavy atom. The number of hydrogen-bond donors (Lipinski definition) is 0. The maximum Gasteiger partial charge on any atom is 0.163 e. The minimum absolute atomic E-state index is 0.0519. The van der Waals surface area contributed by atoms with Crippen molar-refractivity contribution in [1.82, 2.24) is 4.90 Å². The molecular weight excluding hydrogens is 270 g/mol. The SMILES string of the molecule is CC(=O)c1ccccc1OCCN1CCSC(C)(C)C1. The summed E-state index contributed by atoms with van der Waals surface area (Å²) in [5.41, 5.74) is 0.669. The number of hydrogen-bond acceptors (Lipinski definition) is 4. The summed E-state index contributed by atoms with van der Waals surface area (Å²) in [4.78, 5) is 14.0. The highest BCUT2D eigenvalue weighted by molar-refractivity contribution is 8.00. The van der Waals surface area contributed by atoms with Crippen LogP contribution in [0.5, 0.6) is 5.75 Å². The van der Waals surface area contributed by atoms with Crippen LogP contribution in [0.4, 0.5) is 0 Å². The third kappa shape index (κ3) is 4.25. The van der Waals surface area contributed by atoms with Crippen molar-refractivity contribution in [2.24, 2.45) is 0 Å². The summed E-state index contributed by atoms with van der Waals surface area (Å²) in [5, 5.41) is 0. The van der Waals surface area contributed by atoms with E-state index in [1.807, 2.05) is 36.0 Å². The fraction of sp³-hybridized carbons (Fsp3) is 0.562. The summed E-state index contributed by atoms with van der Waals surface area (Å²) in [6.45, 7) is 9.90. The fourth-order valence-corrected chi connectivity index (χ4v) is 3.65. The van der Waals surface area contributed by atoms with Crippen molar-refractivity contribution in [2.75, 3.05) is 32.0 Å². The first-order valence-corrected chi connectivity index (χ1v) is 8.05. The highest BCUT2D eigenvalue weighted by Crippen LogP contribution is 2.29.